The van der Waals surface area contributed by atoms with Crippen molar-refractivity contribution < 1.29 is 13.2 Å². The van der Waals surface area contributed by atoms with Crippen LogP contribution in [0.2, 0.25) is 0 Å². The van der Waals surface area contributed by atoms with Gasteiger partial charge in [-0.3, -0.25) is 4.79 Å². The molecule has 1 aromatic carbocycles. The Hall–Kier alpha value is -3.05. The smallest absolute Gasteiger partial charge is 0.240 e. The monoisotopic (exact) mass is 457 g/mol. The van der Waals surface area contributed by atoms with E-state index in [2.05, 4.69) is 25.3 Å². The number of nitrogens with one attached hydrogen (secondary N) is 2. The van der Waals surface area contributed by atoms with Crippen molar-refractivity contribution in [2.75, 3.05) is 31.5 Å². The molecule has 4 rings (SSSR count). The number of sulfonamides is 1. The molecule has 0 unspecified atom stereocenters. The summed E-state index contributed by atoms with van der Waals surface area (Å²) in [6, 6.07) is 11.9. The quantitative estimate of drug-likeness (QED) is 0.442. The Kier molecular flexibility index (Phi) is 6.96. The molecule has 0 radical (unpaired) electrons. The van der Waals surface area contributed by atoms with Crippen molar-refractivity contribution in [1.29, 1.82) is 0 Å². The molecular formula is C21H27N7O3S. The summed E-state index contributed by atoms with van der Waals surface area (Å²) in [6.07, 6.45) is 3.91. The normalized spacial score (nSPS) is 14.8. The third-order valence-electron chi connectivity index (χ3n) is 5.35. The number of hydrogen-bond donors (Lipinski definition) is 2. The summed E-state index contributed by atoms with van der Waals surface area (Å²) in [4.78, 5) is 14.0. The summed E-state index contributed by atoms with van der Waals surface area (Å²) in [6.45, 7) is 2.46. The molecule has 2 aromatic heterocycles. The SMILES string of the molecule is O=C1CCCCN1CCCNc1ccc2nnc(CCNS(=O)(=O)c3ccccc3)n2n1. The van der Waals surface area contributed by atoms with E-state index in [-0.39, 0.29) is 17.3 Å². The molecule has 0 atom stereocenters. The lowest BCUT2D eigenvalue weighted by Gasteiger charge is -2.26. The predicted molar refractivity (Wildman–Crippen MR) is 120 cm³/mol. The zero-order chi connectivity index (χ0) is 22.4. The molecule has 1 aliphatic rings. The average Bonchev–Trinajstić information content (AvgIpc) is 3.20. The standard InChI is InChI=1S/C21H27N7O3S/c29-21-9-4-5-15-27(21)16-6-13-22-18-10-11-19-24-25-20(28(19)26-18)12-14-23-32(30,31)17-7-2-1-3-8-17/h1-3,7-8,10-11,23H,4-6,9,12-16H2,(H,22,26). The van der Waals surface area contributed by atoms with E-state index in [1.807, 2.05) is 17.0 Å². The zero-order valence-electron chi connectivity index (χ0n) is 17.8. The fraction of sp³-hybridized carbons (Fsp3) is 0.429. The van der Waals surface area contributed by atoms with E-state index in [1.54, 1.807) is 34.8 Å². The van der Waals surface area contributed by atoms with Gasteiger partial charge >= 0.3 is 0 Å². The third kappa shape index (κ3) is 5.40. The first-order valence-corrected chi connectivity index (χ1v) is 12.3. The number of aromatic nitrogens is 4. The summed E-state index contributed by atoms with van der Waals surface area (Å²) in [5.74, 6) is 1.49. The van der Waals surface area contributed by atoms with Gasteiger partial charge in [-0.05, 0) is 43.5 Å². The van der Waals surface area contributed by atoms with Gasteiger partial charge in [-0.25, -0.2) is 13.1 Å². The van der Waals surface area contributed by atoms with E-state index >= 15 is 0 Å². The van der Waals surface area contributed by atoms with Gasteiger partial charge in [0, 0.05) is 39.0 Å². The fourth-order valence-corrected chi connectivity index (χ4v) is 4.70. The molecule has 32 heavy (non-hydrogen) atoms. The Labute approximate surface area is 187 Å². The minimum Gasteiger partial charge on any atom is -0.369 e. The molecule has 0 spiro atoms. The van der Waals surface area contributed by atoms with E-state index < -0.39 is 10.0 Å². The zero-order valence-corrected chi connectivity index (χ0v) is 18.6. The second kappa shape index (κ2) is 10.0. The van der Waals surface area contributed by atoms with Crippen molar-refractivity contribution in [3.8, 4) is 0 Å². The van der Waals surface area contributed by atoms with Gasteiger partial charge in [0.1, 0.15) is 5.82 Å². The van der Waals surface area contributed by atoms with Gasteiger partial charge in [-0.2, -0.15) is 4.52 Å². The Morgan fingerprint density at radius 2 is 1.84 bits per heavy atom. The summed E-state index contributed by atoms with van der Waals surface area (Å²) < 4.78 is 28.9. The van der Waals surface area contributed by atoms with Gasteiger partial charge < -0.3 is 10.2 Å². The highest BCUT2D eigenvalue weighted by Gasteiger charge is 2.17. The molecule has 2 N–H and O–H groups in total. The number of carbonyl (C=O) groups excluding carboxylic acids is 1. The highest BCUT2D eigenvalue weighted by Crippen LogP contribution is 2.12. The second-order valence-electron chi connectivity index (χ2n) is 7.68. The molecule has 0 bridgehead atoms. The first-order valence-electron chi connectivity index (χ1n) is 10.8. The summed E-state index contributed by atoms with van der Waals surface area (Å²) in [5, 5.41) is 16.0. The molecule has 3 aromatic rings. The van der Waals surface area contributed by atoms with Crippen LogP contribution in [0.1, 0.15) is 31.5 Å². The van der Waals surface area contributed by atoms with Crippen LogP contribution in [-0.4, -0.2) is 65.2 Å². The van der Waals surface area contributed by atoms with Crippen LogP contribution in [0.5, 0.6) is 0 Å². The number of anilines is 1. The Morgan fingerprint density at radius 1 is 1.00 bits per heavy atom. The minimum atomic E-state index is -3.57. The van der Waals surface area contributed by atoms with E-state index in [4.69, 9.17) is 0 Å². The maximum Gasteiger partial charge on any atom is 0.240 e. The number of carbonyl (C=O) groups is 1. The lowest BCUT2D eigenvalue weighted by molar-refractivity contribution is -0.133. The first kappa shape index (κ1) is 22.2. The number of rotatable bonds is 10. The van der Waals surface area contributed by atoms with E-state index in [0.717, 1.165) is 32.4 Å². The molecule has 10 nitrogen and oxygen atoms in total. The van der Waals surface area contributed by atoms with Gasteiger partial charge in [0.25, 0.3) is 0 Å². The van der Waals surface area contributed by atoms with Crippen LogP contribution in [-0.2, 0) is 21.2 Å². The topological polar surface area (TPSA) is 122 Å². The lowest BCUT2D eigenvalue weighted by Crippen LogP contribution is -2.36. The number of amides is 1. The highest BCUT2D eigenvalue weighted by atomic mass is 32.2. The fourth-order valence-electron chi connectivity index (χ4n) is 3.65. The Morgan fingerprint density at radius 3 is 2.66 bits per heavy atom. The number of benzene rings is 1. The van der Waals surface area contributed by atoms with E-state index in [9.17, 15) is 13.2 Å². The molecule has 11 heteroatoms. The van der Waals surface area contributed by atoms with E-state index in [1.165, 1.54) is 0 Å². The summed E-state index contributed by atoms with van der Waals surface area (Å²) in [7, 11) is -3.57. The number of hydrogen-bond acceptors (Lipinski definition) is 7. The summed E-state index contributed by atoms with van der Waals surface area (Å²) >= 11 is 0. The van der Waals surface area contributed by atoms with Crippen molar-refractivity contribution in [3.05, 3.63) is 48.3 Å². The number of piperidine rings is 1. The van der Waals surface area contributed by atoms with Crippen LogP contribution in [0.4, 0.5) is 5.82 Å². The van der Waals surface area contributed by atoms with E-state index in [0.29, 0.717) is 36.7 Å². The number of fused-ring (bicyclic) bond motifs is 1. The van der Waals surface area contributed by atoms with Gasteiger partial charge in [0.05, 0.1) is 4.90 Å². The third-order valence-corrected chi connectivity index (χ3v) is 6.83. The lowest BCUT2D eigenvalue weighted by atomic mass is 10.1. The Bertz CT molecular complexity index is 1160. The van der Waals surface area contributed by atoms with Gasteiger partial charge in [0.2, 0.25) is 15.9 Å². The van der Waals surface area contributed by atoms with Crippen molar-refractivity contribution in [2.45, 2.75) is 37.0 Å². The molecule has 1 aliphatic heterocycles. The maximum atomic E-state index is 12.4. The van der Waals surface area contributed by atoms with Gasteiger partial charge in [-0.15, -0.1) is 15.3 Å². The minimum absolute atomic E-state index is 0.182. The molecule has 3 heterocycles. The van der Waals surface area contributed by atoms with Crippen LogP contribution >= 0.6 is 0 Å². The molecular weight excluding hydrogens is 430 g/mol. The molecule has 1 saturated heterocycles. The number of likely N-dealkylation sites (tertiary alicyclic amines) is 1. The highest BCUT2D eigenvalue weighted by molar-refractivity contribution is 7.89. The van der Waals surface area contributed by atoms with Crippen LogP contribution in [0.25, 0.3) is 5.65 Å². The molecule has 0 saturated carbocycles. The van der Waals surface area contributed by atoms with Crippen LogP contribution < -0.4 is 10.0 Å². The van der Waals surface area contributed by atoms with Crippen molar-refractivity contribution >= 4 is 27.4 Å². The van der Waals surface area contributed by atoms with Crippen molar-refractivity contribution in [3.63, 3.8) is 0 Å². The summed E-state index contributed by atoms with van der Waals surface area (Å²) in [5.41, 5.74) is 0.593. The second-order valence-corrected chi connectivity index (χ2v) is 9.45. The van der Waals surface area contributed by atoms with Crippen molar-refractivity contribution in [1.82, 2.24) is 29.4 Å². The molecule has 1 fully saturated rings. The maximum absolute atomic E-state index is 12.4. The molecule has 0 aliphatic carbocycles. The average molecular weight is 458 g/mol. The van der Waals surface area contributed by atoms with Gasteiger partial charge in [0.15, 0.2) is 11.5 Å². The van der Waals surface area contributed by atoms with Crippen molar-refractivity contribution in [2.24, 2.45) is 0 Å². The van der Waals surface area contributed by atoms with Gasteiger partial charge in [-0.1, -0.05) is 18.2 Å². The van der Waals surface area contributed by atoms with Crippen LogP contribution in [0, 0.1) is 0 Å². The Balaban J connectivity index is 1.31. The van der Waals surface area contributed by atoms with Crippen LogP contribution in [0.3, 0.4) is 0 Å². The number of nitrogens with zero attached hydrogens (tertiary/aromatic N) is 5. The largest absolute Gasteiger partial charge is 0.369 e. The molecule has 1 amide bonds. The predicted octanol–water partition coefficient (Wildman–Crippen LogP) is 1.46. The molecule has 170 valence electrons. The first-order chi connectivity index (χ1) is 15.5. The van der Waals surface area contributed by atoms with Crippen LogP contribution in [0.15, 0.2) is 47.4 Å².